The average Bonchev–Trinajstić information content (AvgIpc) is 2.02. The quantitative estimate of drug-likeness (QED) is 0.713. The van der Waals surface area contributed by atoms with Gasteiger partial charge < -0.3 is 0 Å². The normalized spacial score (nSPS) is 40.7. The highest BCUT2D eigenvalue weighted by atomic mass is 35.5. The van der Waals surface area contributed by atoms with E-state index in [-0.39, 0.29) is 5.54 Å². The molecule has 1 aromatic carbocycles. The maximum absolute atomic E-state index is 5.68. The van der Waals surface area contributed by atoms with Gasteiger partial charge in [-0.25, -0.2) is 4.84 Å². The molecule has 0 aromatic heterocycles. The van der Waals surface area contributed by atoms with Crippen LogP contribution in [0.15, 0.2) is 30.3 Å². The minimum atomic E-state index is 0.289. The zero-order valence-corrected chi connectivity index (χ0v) is 8.14. The van der Waals surface area contributed by atoms with Gasteiger partial charge in [0.05, 0.1) is 0 Å². The fraction of sp³-hybridized carbons (Fsp3) is 0.455. The van der Waals surface area contributed by atoms with Crippen LogP contribution in [0.2, 0.25) is 0 Å². The minimum Gasteiger partial charge on any atom is -0.227 e. The van der Waals surface area contributed by atoms with Crippen molar-refractivity contribution >= 4 is 11.8 Å². The predicted molar refractivity (Wildman–Crippen MR) is 53.7 cm³/mol. The van der Waals surface area contributed by atoms with Crippen LogP contribution < -0.4 is 4.84 Å². The Balaban J connectivity index is 1.85. The lowest BCUT2D eigenvalue weighted by Crippen LogP contribution is -2.74. The third-order valence-electron chi connectivity index (χ3n) is 3.62. The molecule has 1 aromatic rings. The fourth-order valence-electron chi connectivity index (χ4n) is 2.99. The monoisotopic (exact) mass is 193 g/mol. The highest BCUT2D eigenvalue weighted by molar-refractivity contribution is 6.14. The SMILES string of the molecule is ClNC12CC(c3ccccc3)(C1)C2. The molecule has 68 valence electrons. The lowest BCUT2D eigenvalue weighted by atomic mass is 9.38. The van der Waals surface area contributed by atoms with E-state index in [1.54, 1.807) is 0 Å². The predicted octanol–water partition coefficient (Wildman–Crippen LogP) is 2.60. The summed E-state index contributed by atoms with van der Waals surface area (Å²) in [6, 6.07) is 10.8. The number of nitrogens with one attached hydrogen (secondary N) is 1. The zero-order chi connectivity index (χ0) is 8.94. The van der Waals surface area contributed by atoms with Crippen LogP contribution in [-0.4, -0.2) is 5.54 Å². The lowest BCUT2D eigenvalue weighted by molar-refractivity contribution is -0.0718. The molecule has 1 N–H and O–H groups in total. The summed E-state index contributed by atoms with van der Waals surface area (Å²) in [6.07, 6.45) is 3.65. The van der Waals surface area contributed by atoms with Gasteiger partial charge in [0, 0.05) is 11.0 Å². The van der Waals surface area contributed by atoms with Crippen molar-refractivity contribution in [2.75, 3.05) is 0 Å². The molecule has 4 rings (SSSR count). The Kier molecular flexibility index (Phi) is 1.38. The third-order valence-corrected chi connectivity index (χ3v) is 4.02. The topological polar surface area (TPSA) is 12.0 Å². The molecule has 1 nitrogen and oxygen atoms in total. The second kappa shape index (κ2) is 2.28. The molecule has 0 saturated heterocycles. The Morgan fingerprint density at radius 3 is 2.23 bits per heavy atom. The Labute approximate surface area is 83.2 Å². The summed E-state index contributed by atoms with van der Waals surface area (Å²) in [5.41, 5.74) is 2.25. The van der Waals surface area contributed by atoms with E-state index in [4.69, 9.17) is 11.8 Å². The van der Waals surface area contributed by atoms with Gasteiger partial charge >= 0.3 is 0 Å². The number of rotatable bonds is 2. The molecular formula is C11H12ClN. The van der Waals surface area contributed by atoms with Crippen molar-refractivity contribution in [1.82, 2.24) is 4.84 Å². The van der Waals surface area contributed by atoms with E-state index in [0.717, 1.165) is 0 Å². The number of benzene rings is 1. The molecule has 3 saturated carbocycles. The number of hydrogen-bond donors (Lipinski definition) is 1. The molecule has 0 atom stereocenters. The summed E-state index contributed by atoms with van der Waals surface area (Å²) in [4.78, 5) is 2.91. The molecular weight excluding hydrogens is 182 g/mol. The van der Waals surface area contributed by atoms with E-state index in [2.05, 4.69) is 35.2 Å². The van der Waals surface area contributed by atoms with E-state index in [0.29, 0.717) is 5.41 Å². The summed E-state index contributed by atoms with van der Waals surface area (Å²) < 4.78 is 0. The van der Waals surface area contributed by atoms with E-state index < -0.39 is 0 Å². The van der Waals surface area contributed by atoms with Gasteiger partial charge in [-0.15, -0.1) is 0 Å². The Morgan fingerprint density at radius 1 is 1.08 bits per heavy atom. The molecule has 0 aliphatic heterocycles. The summed E-state index contributed by atoms with van der Waals surface area (Å²) in [5, 5.41) is 0. The van der Waals surface area contributed by atoms with Crippen molar-refractivity contribution in [2.45, 2.75) is 30.2 Å². The first-order valence-corrected chi connectivity index (χ1v) is 5.10. The molecule has 0 unspecified atom stereocenters. The maximum atomic E-state index is 5.68. The Morgan fingerprint density at radius 2 is 1.69 bits per heavy atom. The first-order valence-electron chi connectivity index (χ1n) is 4.72. The fourth-order valence-corrected chi connectivity index (χ4v) is 3.19. The summed E-state index contributed by atoms with van der Waals surface area (Å²) >= 11 is 5.68. The molecule has 3 aliphatic rings. The van der Waals surface area contributed by atoms with Gasteiger partial charge in [-0.05, 0) is 36.6 Å². The van der Waals surface area contributed by atoms with Crippen LogP contribution in [0.4, 0.5) is 0 Å². The van der Waals surface area contributed by atoms with Crippen LogP contribution in [0.1, 0.15) is 24.8 Å². The lowest BCUT2D eigenvalue weighted by Gasteiger charge is -2.70. The minimum absolute atomic E-state index is 0.289. The Hall–Kier alpha value is -0.530. The van der Waals surface area contributed by atoms with Crippen molar-refractivity contribution in [3.8, 4) is 0 Å². The second-order valence-corrected chi connectivity index (χ2v) is 4.74. The van der Waals surface area contributed by atoms with Crippen molar-refractivity contribution in [2.24, 2.45) is 0 Å². The molecule has 0 amide bonds. The molecule has 2 bridgehead atoms. The van der Waals surface area contributed by atoms with Crippen LogP contribution in [0.5, 0.6) is 0 Å². The highest BCUT2D eigenvalue weighted by Gasteiger charge is 2.68. The highest BCUT2D eigenvalue weighted by Crippen LogP contribution is 2.67. The van der Waals surface area contributed by atoms with E-state index >= 15 is 0 Å². The average molecular weight is 194 g/mol. The summed E-state index contributed by atoms with van der Waals surface area (Å²) in [6.45, 7) is 0. The molecule has 3 aliphatic carbocycles. The van der Waals surface area contributed by atoms with Crippen LogP contribution in [0.3, 0.4) is 0 Å². The smallest absolute Gasteiger partial charge is 0.0357 e. The van der Waals surface area contributed by atoms with Gasteiger partial charge in [0.15, 0.2) is 0 Å². The van der Waals surface area contributed by atoms with Gasteiger partial charge in [0.1, 0.15) is 0 Å². The summed E-state index contributed by atoms with van der Waals surface area (Å²) in [7, 11) is 0. The third kappa shape index (κ3) is 0.866. The van der Waals surface area contributed by atoms with Gasteiger partial charge in [0.2, 0.25) is 0 Å². The standard InChI is InChI=1S/C11H12ClN/c12-13-11-6-10(7-11,8-11)9-4-2-1-3-5-9/h1-5,13H,6-8H2. The zero-order valence-electron chi connectivity index (χ0n) is 7.39. The first kappa shape index (κ1) is 7.84. The molecule has 3 fully saturated rings. The molecule has 2 heteroatoms. The molecule has 13 heavy (non-hydrogen) atoms. The van der Waals surface area contributed by atoms with Crippen LogP contribution in [0.25, 0.3) is 0 Å². The summed E-state index contributed by atoms with van der Waals surface area (Å²) in [5.74, 6) is 0. The van der Waals surface area contributed by atoms with Crippen LogP contribution in [0, 0.1) is 0 Å². The van der Waals surface area contributed by atoms with Crippen LogP contribution >= 0.6 is 11.8 Å². The van der Waals surface area contributed by atoms with Crippen LogP contribution in [-0.2, 0) is 5.41 Å². The molecule has 0 radical (unpaired) electrons. The van der Waals surface area contributed by atoms with Crippen molar-refractivity contribution in [1.29, 1.82) is 0 Å². The number of hydrogen-bond acceptors (Lipinski definition) is 1. The van der Waals surface area contributed by atoms with Gasteiger partial charge in [0.25, 0.3) is 0 Å². The second-order valence-electron chi connectivity index (χ2n) is 4.55. The van der Waals surface area contributed by atoms with Gasteiger partial charge in [-0.2, -0.15) is 0 Å². The van der Waals surface area contributed by atoms with Crippen molar-refractivity contribution < 1.29 is 0 Å². The Bertz CT molecular complexity index is 313. The molecule has 0 heterocycles. The largest absolute Gasteiger partial charge is 0.227 e. The molecule has 0 spiro atoms. The van der Waals surface area contributed by atoms with Crippen molar-refractivity contribution in [3.63, 3.8) is 0 Å². The van der Waals surface area contributed by atoms with Gasteiger partial charge in [-0.1, -0.05) is 30.3 Å². The van der Waals surface area contributed by atoms with E-state index in [1.807, 2.05) is 0 Å². The first-order chi connectivity index (χ1) is 6.29. The van der Waals surface area contributed by atoms with Gasteiger partial charge in [-0.3, -0.25) is 0 Å². The number of halogens is 1. The maximum Gasteiger partial charge on any atom is 0.0357 e. The van der Waals surface area contributed by atoms with E-state index in [1.165, 1.54) is 24.8 Å². The van der Waals surface area contributed by atoms with Crippen molar-refractivity contribution in [3.05, 3.63) is 35.9 Å². The van der Waals surface area contributed by atoms with E-state index in [9.17, 15) is 0 Å².